The van der Waals surface area contributed by atoms with E-state index in [0.29, 0.717) is 22.7 Å². The Morgan fingerprint density at radius 3 is 1.14 bits per heavy atom. The summed E-state index contributed by atoms with van der Waals surface area (Å²) in [7, 11) is -2.84. The van der Waals surface area contributed by atoms with Crippen LogP contribution >= 0.6 is 15.7 Å². The zero-order valence-corrected chi connectivity index (χ0v) is 25.0. The summed E-state index contributed by atoms with van der Waals surface area (Å²) in [4.78, 5) is 37.0. The van der Waals surface area contributed by atoms with Gasteiger partial charge in [0.2, 0.25) is 0 Å². The highest BCUT2D eigenvalue weighted by Crippen LogP contribution is 2.36. The Morgan fingerprint density at radius 1 is 0.432 bits per heavy atom. The molecule has 5 aromatic carbocycles. The first-order valence-electron chi connectivity index (χ1n) is 13.8. The molecule has 214 valence electrons. The normalized spacial score (nSPS) is 16.9. The van der Waals surface area contributed by atoms with E-state index < -0.39 is 15.7 Å². The zero-order chi connectivity index (χ0) is 29.9. The van der Waals surface area contributed by atoms with E-state index in [0.717, 1.165) is 10.6 Å². The summed E-state index contributed by atoms with van der Waals surface area (Å²) in [6.45, 7) is 0. The van der Waals surface area contributed by atoms with Gasteiger partial charge >= 0.3 is 27.8 Å². The van der Waals surface area contributed by atoms with Crippen LogP contribution in [0.15, 0.2) is 155 Å². The molecule has 12 heteroatoms. The molecule has 2 heterocycles. The summed E-state index contributed by atoms with van der Waals surface area (Å²) >= 11 is 0. The molecule has 44 heavy (non-hydrogen) atoms. The Labute approximate surface area is 256 Å². The van der Waals surface area contributed by atoms with Crippen LogP contribution in [0, 0.1) is 0 Å². The Bertz CT molecular complexity index is 1740. The number of hydrogen-bond acceptors (Lipinski definition) is 6. The molecule has 0 saturated heterocycles. The maximum Gasteiger partial charge on any atom is 0.379 e. The van der Waals surface area contributed by atoms with Gasteiger partial charge in [0.1, 0.15) is 0 Å². The predicted octanol–water partition coefficient (Wildman–Crippen LogP) is 7.23. The van der Waals surface area contributed by atoms with E-state index in [4.69, 9.17) is 9.71 Å². The van der Waals surface area contributed by atoms with Crippen LogP contribution in [-0.2, 0) is 0 Å². The number of hydrogen-bond donors (Lipinski definition) is 2. The monoisotopic (exact) mass is 616 g/mol. The van der Waals surface area contributed by atoms with Crippen LogP contribution in [-0.4, -0.2) is 12.1 Å². The number of nitrogens with one attached hydrogen (secondary N) is 2. The minimum Gasteiger partial charge on any atom is -0.244 e. The fraction of sp³-hybridized carbons (Fsp3) is 0. The second-order valence-corrected chi connectivity index (χ2v) is 12.8. The van der Waals surface area contributed by atoms with E-state index in [2.05, 4.69) is 10.4 Å². The van der Waals surface area contributed by atoms with Gasteiger partial charge in [0.05, 0.1) is 22.7 Å². The minimum absolute atomic E-state index is 0.304. The number of carbonyl (C=O) groups excluding carboxylic acids is 2. The first-order valence-corrected chi connectivity index (χ1v) is 16.4. The van der Waals surface area contributed by atoms with Crippen molar-refractivity contribution in [3.05, 3.63) is 146 Å². The molecule has 7 rings (SSSR count). The molecule has 5 aromatic rings. The van der Waals surface area contributed by atoms with Crippen molar-refractivity contribution >= 4 is 61.1 Å². The summed E-state index contributed by atoms with van der Waals surface area (Å²) in [5, 5.41) is 14.5. The van der Waals surface area contributed by atoms with Crippen LogP contribution in [0.4, 0.5) is 32.3 Å². The fourth-order valence-electron chi connectivity index (χ4n) is 4.69. The maximum atomic E-state index is 13.6. The van der Waals surface area contributed by atoms with Crippen LogP contribution in [0.5, 0.6) is 0 Å². The van der Waals surface area contributed by atoms with Crippen molar-refractivity contribution in [2.75, 3.05) is 20.0 Å². The molecule has 2 aliphatic heterocycles. The van der Waals surface area contributed by atoms with Gasteiger partial charge in [0, 0.05) is 15.8 Å². The second-order valence-electron chi connectivity index (χ2n) is 9.72. The lowest BCUT2D eigenvalue weighted by Crippen LogP contribution is -2.51. The van der Waals surface area contributed by atoms with Crippen LogP contribution < -0.4 is 41.0 Å². The van der Waals surface area contributed by atoms with E-state index in [1.165, 1.54) is 10.0 Å². The summed E-state index contributed by atoms with van der Waals surface area (Å²) in [6.07, 6.45) is 0. The Hall–Kier alpha value is -5.24. The number of nitrogens with zero attached hydrogens (tertiary/aromatic N) is 6. The van der Waals surface area contributed by atoms with Gasteiger partial charge in [-0.1, -0.05) is 78.9 Å². The largest absolute Gasteiger partial charge is 0.379 e. The standard InChI is InChI=1S/C32H26N8O2P2/c41-31-37(25-14-5-1-6-15-25)33-43(34-38(31)26-16-7-2-8-17-26)29-22-13-23-30(24-29)44-35-39(27-18-9-3-10-19-27)32(42)40(36-44)28-20-11-4-12-21-28/h1-24H,(H,33,34)(H,35,36)/q+2. The Morgan fingerprint density at radius 2 is 0.773 bits per heavy atom. The maximum absolute atomic E-state index is 13.6. The molecule has 2 N–H and O–H groups in total. The quantitative estimate of drug-likeness (QED) is 0.197. The molecule has 0 bridgehead atoms. The molecule has 0 saturated carbocycles. The van der Waals surface area contributed by atoms with Crippen molar-refractivity contribution in [3.63, 3.8) is 0 Å². The number of benzene rings is 5. The molecule has 2 atom stereocenters. The number of urea groups is 2. The lowest BCUT2D eigenvalue weighted by Gasteiger charge is -2.27. The molecule has 0 aromatic heterocycles. The summed E-state index contributed by atoms with van der Waals surface area (Å²) in [5.74, 6) is 0. The van der Waals surface area contributed by atoms with Gasteiger partial charge in [0.25, 0.3) is 0 Å². The van der Waals surface area contributed by atoms with Crippen LogP contribution in [0.2, 0.25) is 0 Å². The molecule has 0 spiro atoms. The third-order valence-electron chi connectivity index (χ3n) is 6.84. The first-order chi connectivity index (χ1) is 21.7. The SMILES string of the molecule is O=C1N(c2ccccc2)N=[P+](c2cccc([P+]3=NN(c4ccccc4)C(=O)N(c4ccccc4)N3)c2)NN1c1ccccc1. The first kappa shape index (κ1) is 27.6. The topological polar surface area (TPSA) is 95.9 Å². The van der Waals surface area contributed by atoms with Gasteiger partial charge in [-0.25, -0.2) is 9.59 Å². The number of amides is 4. The molecule has 2 aliphatic rings. The lowest BCUT2D eigenvalue weighted by molar-refractivity contribution is 0.249. The highest BCUT2D eigenvalue weighted by atomic mass is 31.1. The van der Waals surface area contributed by atoms with Crippen molar-refractivity contribution in [3.8, 4) is 0 Å². The molecular formula is C32H26N8O2P2+2. The summed E-state index contributed by atoms with van der Waals surface area (Å²) < 4.78 is 0. The molecule has 4 amide bonds. The van der Waals surface area contributed by atoms with E-state index in [1.54, 1.807) is 10.0 Å². The summed E-state index contributed by atoms with van der Waals surface area (Å²) in [5.41, 5.74) is 2.77. The number of hydrazine groups is 2. The summed E-state index contributed by atoms with van der Waals surface area (Å²) in [6, 6.07) is 45.1. The van der Waals surface area contributed by atoms with Gasteiger partial charge in [0.15, 0.2) is 10.6 Å². The second kappa shape index (κ2) is 12.2. The van der Waals surface area contributed by atoms with Crippen molar-refractivity contribution < 1.29 is 9.59 Å². The highest BCUT2D eigenvalue weighted by Gasteiger charge is 2.41. The van der Waals surface area contributed by atoms with Crippen molar-refractivity contribution in [1.29, 1.82) is 0 Å². The average molecular weight is 617 g/mol. The van der Waals surface area contributed by atoms with Gasteiger partial charge in [-0.3, -0.25) is 0 Å². The van der Waals surface area contributed by atoms with Gasteiger partial charge in [-0.15, -0.1) is 10.0 Å². The van der Waals surface area contributed by atoms with Crippen LogP contribution in [0.25, 0.3) is 0 Å². The predicted molar refractivity (Wildman–Crippen MR) is 177 cm³/mol. The minimum atomic E-state index is -1.42. The van der Waals surface area contributed by atoms with Gasteiger partial charge in [-0.2, -0.15) is 10.0 Å². The molecule has 2 unspecified atom stereocenters. The highest BCUT2D eigenvalue weighted by molar-refractivity contribution is 7.55. The van der Waals surface area contributed by atoms with E-state index >= 15 is 0 Å². The van der Waals surface area contributed by atoms with Crippen LogP contribution in [0.1, 0.15) is 0 Å². The Kier molecular flexibility index (Phi) is 7.63. The smallest absolute Gasteiger partial charge is 0.244 e. The molecule has 0 aliphatic carbocycles. The molecule has 0 fully saturated rings. The van der Waals surface area contributed by atoms with Gasteiger partial charge < -0.3 is 0 Å². The third kappa shape index (κ3) is 5.46. The fourth-order valence-corrected chi connectivity index (χ4v) is 7.78. The van der Waals surface area contributed by atoms with E-state index in [-0.39, 0.29) is 12.1 Å². The van der Waals surface area contributed by atoms with E-state index in [1.807, 2.05) is 146 Å². The van der Waals surface area contributed by atoms with Crippen molar-refractivity contribution in [1.82, 2.24) is 10.4 Å². The van der Waals surface area contributed by atoms with Crippen molar-refractivity contribution in [2.45, 2.75) is 0 Å². The average Bonchev–Trinajstić information content (AvgIpc) is 3.10. The van der Waals surface area contributed by atoms with Crippen molar-refractivity contribution in [2.24, 2.45) is 9.71 Å². The third-order valence-corrected chi connectivity index (χ3v) is 9.87. The molecule has 0 radical (unpaired) electrons. The van der Waals surface area contributed by atoms with Crippen LogP contribution in [0.3, 0.4) is 0 Å². The zero-order valence-electron chi connectivity index (χ0n) is 23.3. The molecule has 10 nitrogen and oxygen atoms in total. The number of anilines is 4. The Balaban J connectivity index is 1.29. The number of para-hydroxylation sites is 4. The molecular weight excluding hydrogens is 590 g/mol. The van der Waals surface area contributed by atoms with E-state index in [9.17, 15) is 9.59 Å². The van der Waals surface area contributed by atoms with Gasteiger partial charge in [-0.05, 0) is 71.1 Å². The number of rotatable bonds is 6. The number of carbonyl (C=O) groups is 2. The lowest BCUT2D eigenvalue weighted by atomic mass is 10.3.